The average Bonchev–Trinajstić information content (AvgIpc) is 1.75. The average molecular weight is 1630 g/mol. The van der Waals surface area contributed by atoms with Crippen molar-refractivity contribution in [3.05, 3.63) is 414 Å². The Bertz CT molecular complexity index is 5940. The number of hydrogen-bond acceptors (Lipinski definition) is 15. The predicted octanol–water partition coefficient (Wildman–Crippen LogP) is 27.0. The number of aryl methyl sites for hydroxylation is 12. The van der Waals surface area contributed by atoms with Gasteiger partial charge in [0.05, 0.1) is 59.5 Å². The van der Waals surface area contributed by atoms with Crippen LogP contribution in [0.2, 0.25) is 0 Å². The lowest BCUT2D eigenvalue weighted by molar-refractivity contribution is 0.561. The van der Waals surface area contributed by atoms with Gasteiger partial charge < -0.3 is 18.8 Å². The van der Waals surface area contributed by atoms with Gasteiger partial charge in [0.2, 0.25) is 0 Å². The molecule has 121 heavy (non-hydrogen) atoms. The largest absolute Gasteiger partial charge is 0.461 e. The molecule has 12 aromatic heterocycles. The molecule has 2 N–H and O–H groups in total. The molecule has 602 valence electrons. The molecule has 12 heterocycles. The topological polar surface area (TPSA) is 205 Å². The summed E-state index contributed by atoms with van der Waals surface area (Å²) in [6.07, 6.45) is 11.1. The second-order valence-corrected chi connectivity index (χ2v) is 30.8. The highest BCUT2D eigenvalue weighted by Crippen LogP contribution is 2.25. The third kappa shape index (κ3) is 26.5. The maximum absolute atomic E-state index is 5.37. The van der Waals surface area contributed by atoms with Crippen LogP contribution in [0.25, 0.3) is 119 Å². The van der Waals surface area contributed by atoms with Crippen molar-refractivity contribution in [1.82, 2.24) is 69.6 Å². The Balaban J connectivity index is 0.000000121. The zero-order valence-corrected chi connectivity index (χ0v) is 71.6. The number of pyridine rings is 3. The van der Waals surface area contributed by atoms with Gasteiger partial charge in [0, 0.05) is 110 Å². The van der Waals surface area contributed by atoms with Crippen molar-refractivity contribution in [3.63, 3.8) is 0 Å². The van der Waals surface area contributed by atoms with Crippen LogP contribution in [0.15, 0.2) is 361 Å². The molecule has 0 saturated carbocycles. The Hall–Kier alpha value is -14.6. The number of benzene rings is 11. The fourth-order valence-corrected chi connectivity index (χ4v) is 14.3. The number of H-pyrrole nitrogens is 2. The number of para-hydroxylation sites is 12. The van der Waals surface area contributed by atoms with E-state index in [4.69, 9.17) is 8.83 Å². The Kier molecular flexibility index (Phi) is 30.9. The van der Waals surface area contributed by atoms with Crippen LogP contribution in [0.3, 0.4) is 0 Å². The van der Waals surface area contributed by atoms with Crippen LogP contribution in [0, 0.1) is 76.2 Å². The van der Waals surface area contributed by atoms with Crippen LogP contribution >= 0.6 is 22.7 Å². The summed E-state index contributed by atoms with van der Waals surface area (Å²) in [6, 6.07) is 106. The standard InChI is InChI=1S/3C10H9N.2C9H8N2.C9H9N.C9H8O.C9H8S.C8H8N2.C8H7NO.C8H7NS.C4H6N2/c1-8-6-9-4-2-3-5-10(9)7-11-8;1-8-6-9-4-2-3-5-10(9)11-7-8;1-8-6-7-9-4-2-3-5-10(9)11-8;1-7-10-6-8-4-2-3-5-9(8)11-7;1-7-6-10-8-4-2-3-5-9(8)11-7;3*1-7-6-8-4-2-3-5-9(8)10-7;3*1-6-9-7-4-2-3-5-8(7)10-6;1-6-4-2-3-5-6/h3*2-7H,1H3;2*2-6H,1H3;2-6,10H,1H3;2*2-6H,1H3;2-5H,1H3,(H,9,10);2*2-5H,1H3;2-4H,1H3. The van der Waals surface area contributed by atoms with E-state index in [-0.39, 0.29) is 0 Å². The minimum Gasteiger partial charge on any atom is -0.461 e. The second-order valence-electron chi connectivity index (χ2n) is 28.2. The lowest BCUT2D eigenvalue weighted by Crippen LogP contribution is -1.86. The Labute approximate surface area is 712 Å². The number of fused-ring (bicyclic) bond motifs is 11. The smallest absolute Gasteiger partial charge is 0.192 e. The Morgan fingerprint density at radius 3 is 1.53 bits per heavy atom. The predicted molar refractivity (Wildman–Crippen MR) is 506 cm³/mol. The maximum atomic E-state index is 5.37. The van der Waals surface area contributed by atoms with E-state index >= 15 is 0 Å². The van der Waals surface area contributed by atoms with Crippen molar-refractivity contribution in [2.24, 2.45) is 7.05 Å². The third-order valence-corrected chi connectivity index (χ3v) is 20.1. The van der Waals surface area contributed by atoms with E-state index in [2.05, 4.69) is 189 Å². The monoisotopic (exact) mass is 1620 g/mol. The van der Waals surface area contributed by atoms with E-state index in [1.54, 1.807) is 28.4 Å². The van der Waals surface area contributed by atoms with Gasteiger partial charge in [-0.05, 0) is 218 Å². The third-order valence-electron chi connectivity index (χ3n) is 18.1. The zero-order valence-electron chi connectivity index (χ0n) is 70.0. The van der Waals surface area contributed by atoms with E-state index < -0.39 is 0 Å². The lowest BCUT2D eigenvalue weighted by atomic mass is 10.1. The number of imidazole rings is 1. The van der Waals surface area contributed by atoms with Gasteiger partial charge in [0.15, 0.2) is 11.5 Å². The molecule has 0 spiro atoms. The van der Waals surface area contributed by atoms with Crippen molar-refractivity contribution >= 4 is 141 Å². The first kappa shape index (κ1) is 85.8. The number of aromatic nitrogens is 14. The van der Waals surface area contributed by atoms with Crippen LogP contribution in [0.5, 0.6) is 0 Å². The maximum Gasteiger partial charge on any atom is 0.192 e. The minimum absolute atomic E-state index is 0.723. The van der Waals surface area contributed by atoms with Gasteiger partial charge in [-0.1, -0.05) is 188 Å². The molecule has 0 aliphatic heterocycles. The Morgan fingerprint density at radius 1 is 0.306 bits per heavy atom. The summed E-state index contributed by atoms with van der Waals surface area (Å²) in [6.45, 7) is 21.9. The van der Waals surface area contributed by atoms with Crippen LogP contribution < -0.4 is 0 Å². The normalized spacial score (nSPS) is 10.3. The molecule has 0 bridgehead atoms. The van der Waals surface area contributed by atoms with E-state index in [0.29, 0.717) is 0 Å². The van der Waals surface area contributed by atoms with E-state index in [1.165, 1.54) is 68.8 Å². The number of nitrogens with one attached hydrogen (secondary N) is 2. The molecule has 0 radical (unpaired) electrons. The van der Waals surface area contributed by atoms with Gasteiger partial charge in [-0.25, -0.2) is 29.9 Å². The Morgan fingerprint density at radius 2 is 0.860 bits per heavy atom. The van der Waals surface area contributed by atoms with Crippen LogP contribution in [0.1, 0.15) is 61.5 Å². The molecule has 0 unspecified atom stereocenters. The molecular weight excluding hydrogens is 1530 g/mol. The molecule has 0 atom stereocenters. The highest BCUT2D eigenvalue weighted by Gasteiger charge is 2.03. The van der Waals surface area contributed by atoms with Gasteiger partial charge in [-0.3, -0.25) is 24.6 Å². The number of hydrogen-bond donors (Lipinski definition) is 2. The zero-order chi connectivity index (χ0) is 84.7. The molecule has 23 aromatic rings. The van der Waals surface area contributed by atoms with Gasteiger partial charge in [-0.2, -0.15) is 5.10 Å². The van der Waals surface area contributed by atoms with Gasteiger partial charge in [0.25, 0.3) is 0 Å². The number of thiazole rings is 1. The number of furan rings is 1. The minimum atomic E-state index is 0.723. The number of rotatable bonds is 0. The van der Waals surface area contributed by atoms with Crippen molar-refractivity contribution in [2.75, 3.05) is 0 Å². The molecule has 0 fully saturated rings. The summed E-state index contributed by atoms with van der Waals surface area (Å²) in [5.41, 5.74) is 17.9. The summed E-state index contributed by atoms with van der Waals surface area (Å²) >= 11 is 3.59. The highest BCUT2D eigenvalue weighted by molar-refractivity contribution is 7.19. The first-order valence-corrected chi connectivity index (χ1v) is 41.3. The van der Waals surface area contributed by atoms with E-state index in [0.717, 1.165) is 112 Å². The van der Waals surface area contributed by atoms with Gasteiger partial charge in [0.1, 0.15) is 28.5 Å². The second kappa shape index (κ2) is 43.6. The quantitative estimate of drug-likeness (QED) is 0.145. The van der Waals surface area contributed by atoms with Gasteiger partial charge in [-0.15, -0.1) is 22.7 Å². The van der Waals surface area contributed by atoms with Crippen LogP contribution in [-0.4, -0.2) is 69.6 Å². The molecule has 11 aromatic carbocycles. The van der Waals surface area contributed by atoms with E-state index in [9.17, 15) is 0 Å². The molecule has 0 aliphatic carbocycles. The summed E-state index contributed by atoms with van der Waals surface area (Å²) in [7, 11) is 1.89. The molecule has 16 nitrogen and oxygen atoms in total. The van der Waals surface area contributed by atoms with Crippen molar-refractivity contribution in [2.45, 2.75) is 76.2 Å². The number of thiophene rings is 1. The van der Waals surface area contributed by atoms with Crippen LogP contribution in [-0.2, 0) is 7.05 Å². The van der Waals surface area contributed by atoms with Gasteiger partial charge >= 0.3 is 0 Å². The fraction of sp³-hybridized carbons (Fsp3) is 0.117. The molecule has 23 rings (SSSR count). The SMILES string of the molecule is Cc1cc2ccccc2[nH]1.Cc1cc2ccccc2cn1.Cc1cc2ccccc2o1.Cc1cc2ccccc2s1.Cc1ccc2ccccc2n1.Cc1cnc2ccccc2c1.Cc1cnc2ccccc2n1.Cc1nc2ccccc2[nH]1.Cc1nc2ccccc2o1.Cc1nc2ccccc2s1.Cc1ncc2ccccc2n1.Cn1cccn1. The van der Waals surface area contributed by atoms with Crippen molar-refractivity contribution < 1.29 is 8.83 Å². The van der Waals surface area contributed by atoms with Crippen molar-refractivity contribution in [3.8, 4) is 0 Å². The summed E-state index contributed by atoms with van der Waals surface area (Å²) < 4.78 is 15.0. The highest BCUT2D eigenvalue weighted by atomic mass is 32.1. The molecule has 0 amide bonds. The number of aromatic amines is 2. The fourth-order valence-electron chi connectivity index (χ4n) is 12.5. The van der Waals surface area contributed by atoms with Crippen molar-refractivity contribution in [1.29, 1.82) is 0 Å². The summed E-state index contributed by atoms with van der Waals surface area (Å²) in [5.74, 6) is 3.49. The first-order chi connectivity index (χ1) is 58.9. The summed E-state index contributed by atoms with van der Waals surface area (Å²) in [5, 5.41) is 14.8. The molecule has 0 aliphatic rings. The molecule has 18 heteroatoms. The lowest BCUT2D eigenvalue weighted by Gasteiger charge is -1.96. The number of oxazole rings is 1. The first-order valence-electron chi connectivity index (χ1n) is 39.6. The molecular formula is C103H96N14O2S2. The van der Waals surface area contributed by atoms with E-state index in [1.807, 2.05) is 311 Å². The summed E-state index contributed by atoms with van der Waals surface area (Å²) in [4.78, 5) is 50.3. The number of nitrogens with zero attached hydrogens (tertiary/aromatic N) is 12. The molecule has 0 saturated heterocycles. The van der Waals surface area contributed by atoms with Crippen LogP contribution in [0.4, 0.5) is 0 Å².